The molecule has 2 rings (SSSR count). The molecule has 88 valence electrons. The van der Waals surface area contributed by atoms with Crippen LogP contribution in [-0.2, 0) is 6.54 Å². The number of hydrogen-bond acceptors (Lipinski definition) is 1. The molecule has 0 saturated carbocycles. The van der Waals surface area contributed by atoms with E-state index in [-0.39, 0.29) is 17.9 Å². The second-order valence-corrected chi connectivity index (χ2v) is 3.60. The molecular formula is C13H10F3N. The molecule has 0 bridgehead atoms. The van der Waals surface area contributed by atoms with Crippen molar-refractivity contribution >= 4 is 5.69 Å². The summed E-state index contributed by atoms with van der Waals surface area (Å²) in [4.78, 5) is 0. The van der Waals surface area contributed by atoms with Crippen LogP contribution in [0.1, 0.15) is 5.56 Å². The Labute approximate surface area is 96.9 Å². The van der Waals surface area contributed by atoms with Crippen LogP contribution in [-0.4, -0.2) is 0 Å². The van der Waals surface area contributed by atoms with E-state index in [0.29, 0.717) is 5.69 Å². The first-order chi connectivity index (χ1) is 8.15. The zero-order chi connectivity index (χ0) is 12.3. The maximum atomic E-state index is 13.3. The molecule has 0 aliphatic carbocycles. The van der Waals surface area contributed by atoms with Gasteiger partial charge in [-0.1, -0.05) is 6.07 Å². The molecule has 0 aromatic heterocycles. The molecule has 0 aliphatic rings. The molecule has 4 heteroatoms. The van der Waals surface area contributed by atoms with E-state index in [1.54, 1.807) is 12.1 Å². The monoisotopic (exact) mass is 237 g/mol. The van der Waals surface area contributed by atoms with E-state index in [1.165, 1.54) is 12.1 Å². The standard InChI is InChI=1S/C13H10F3N/c14-10-2-1-3-12(7-10)17-8-9-6-11(15)4-5-13(9)16/h1-7,17H,8H2. The Balaban J connectivity index is 2.09. The van der Waals surface area contributed by atoms with Gasteiger partial charge in [0, 0.05) is 17.8 Å². The van der Waals surface area contributed by atoms with E-state index in [0.717, 1.165) is 18.2 Å². The first-order valence-electron chi connectivity index (χ1n) is 5.08. The molecule has 0 saturated heterocycles. The van der Waals surface area contributed by atoms with Crippen molar-refractivity contribution < 1.29 is 13.2 Å². The molecule has 1 N–H and O–H groups in total. The summed E-state index contributed by atoms with van der Waals surface area (Å²) in [6.45, 7) is 0.104. The number of nitrogens with one attached hydrogen (secondary N) is 1. The van der Waals surface area contributed by atoms with E-state index in [4.69, 9.17) is 0 Å². The Hall–Kier alpha value is -1.97. The van der Waals surface area contributed by atoms with Crippen LogP contribution in [0.5, 0.6) is 0 Å². The first-order valence-corrected chi connectivity index (χ1v) is 5.08. The van der Waals surface area contributed by atoms with Crippen molar-refractivity contribution in [2.75, 3.05) is 5.32 Å². The zero-order valence-electron chi connectivity index (χ0n) is 8.88. The van der Waals surface area contributed by atoms with Crippen molar-refractivity contribution in [3.05, 3.63) is 65.5 Å². The topological polar surface area (TPSA) is 12.0 Å². The lowest BCUT2D eigenvalue weighted by Crippen LogP contribution is -2.02. The molecule has 2 aromatic rings. The van der Waals surface area contributed by atoms with Gasteiger partial charge in [0.05, 0.1) is 0 Å². The molecule has 0 unspecified atom stereocenters. The highest BCUT2D eigenvalue weighted by molar-refractivity contribution is 5.43. The third-order valence-corrected chi connectivity index (χ3v) is 2.32. The fourth-order valence-electron chi connectivity index (χ4n) is 1.47. The Morgan fingerprint density at radius 2 is 1.65 bits per heavy atom. The fraction of sp³-hybridized carbons (Fsp3) is 0.0769. The van der Waals surface area contributed by atoms with E-state index >= 15 is 0 Å². The average Bonchev–Trinajstić information content (AvgIpc) is 2.30. The predicted molar refractivity (Wildman–Crippen MR) is 60.1 cm³/mol. The second kappa shape index (κ2) is 4.91. The molecule has 0 fully saturated rings. The zero-order valence-corrected chi connectivity index (χ0v) is 8.88. The lowest BCUT2D eigenvalue weighted by atomic mass is 10.2. The van der Waals surface area contributed by atoms with Crippen molar-refractivity contribution in [3.8, 4) is 0 Å². The van der Waals surface area contributed by atoms with Gasteiger partial charge >= 0.3 is 0 Å². The SMILES string of the molecule is Fc1cccc(NCc2cc(F)ccc2F)c1. The normalized spacial score (nSPS) is 10.3. The number of halogens is 3. The number of benzene rings is 2. The summed E-state index contributed by atoms with van der Waals surface area (Å²) in [5.41, 5.74) is 0.725. The summed E-state index contributed by atoms with van der Waals surface area (Å²) in [6.07, 6.45) is 0. The number of hydrogen-bond donors (Lipinski definition) is 1. The average molecular weight is 237 g/mol. The van der Waals surface area contributed by atoms with Gasteiger partial charge in [-0.2, -0.15) is 0 Å². The Morgan fingerprint density at radius 3 is 2.41 bits per heavy atom. The van der Waals surface area contributed by atoms with Crippen molar-refractivity contribution in [2.24, 2.45) is 0 Å². The smallest absolute Gasteiger partial charge is 0.128 e. The Bertz CT molecular complexity index is 526. The maximum absolute atomic E-state index is 13.3. The Morgan fingerprint density at radius 1 is 0.882 bits per heavy atom. The molecule has 0 amide bonds. The summed E-state index contributed by atoms with van der Waals surface area (Å²) < 4.78 is 39.0. The summed E-state index contributed by atoms with van der Waals surface area (Å²) >= 11 is 0. The third kappa shape index (κ3) is 3.00. The number of anilines is 1. The van der Waals surface area contributed by atoms with Gasteiger partial charge in [0.25, 0.3) is 0 Å². The van der Waals surface area contributed by atoms with E-state index in [1.807, 2.05) is 0 Å². The van der Waals surface area contributed by atoms with Gasteiger partial charge in [0.1, 0.15) is 17.5 Å². The molecule has 0 atom stereocenters. The van der Waals surface area contributed by atoms with Crippen LogP contribution in [0.3, 0.4) is 0 Å². The van der Waals surface area contributed by atoms with Crippen molar-refractivity contribution in [3.63, 3.8) is 0 Å². The van der Waals surface area contributed by atoms with E-state index in [2.05, 4.69) is 5.32 Å². The van der Waals surface area contributed by atoms with Crippen LogP contribution < -0.4 is 5.32 Å². The summed E-state index contributed by atoms with van der Waals surface area (Å²) in [5.74, 6) is -1.37. The van der Waals surface area contributed by atoms with Crippen LogP contribution in [0.15, 0.2) is 42.5 Å². The molecule has 0 spiro atoms. The maximum Gasteiger partial charge on any atom is 0.128 e. The van der Waals surface area contributed by atoms with Gasteiger partial charge in [0.15, 0.2) is 0 Å². The highest BCUT2D eigenvalue weighted by Gasteiger charge is 2.03. The minimum Gasteiger partial charge on any atom is -0.381 e. The summed E-state index contributed by atoms with van der Waals surface area (Å²) in [6, 6.07) is 9.03. The predicted octanol–water partition coefficient (Wildman–Crippen LogP) is 3.72. The highest BCUT2D eigenvalue weighted by atomic mass is 19.1. The molecule has 0 radical (unpaired) electrons. The fourth-order valence-corrected chi connectivity index (χ4v) is 1.47. The minimum atomic E-state index is -0.498. The lowest BCUT2D eigenvalue weighted by molar-refractivity contribution is 0.587. The largest absolute Gasteiger partial charge is 0.381 e. The molecule has 0 aliphatic heterocycles. The minimum absolute atomic E-state index is 0.104. The van der Waals surface area contributed by atoms with Gasteiger partial charge in [-0.3, -0.25) is 0 Å². The van der Waals surface area contributed by atoms with Gasteiger partial charge < -0.3 is 5.32 Å². The van der Waals surface area contributed by atoms with Crippen LogP contribution in [0, 0.1) is 17.5 Å². The summed E-state index contributed by atoms with van der Waals surface area (Å²) in [7, 11) is 0. The van der Waals surface area contributed by atoms with Gasteiger partial charge in [-0.25, -0.2) is 13.2 Å². The molecule has 0 heterocycles. The molecule has 2 aromatic carbocycles. The van der Waals surface area contributed by atoms with Gasteiger partial charge in [-0.05, 0) is 36.4 Å². The molecule has 17 heavy (non-hydrogen) atoms. The van der Waals surface area contributed by atoms with Gasteiger partial charge in [-0.15, -0.1) is 0 Å². The van der Waals surface area contributed by atoms with Crippen molar-refractivity contribution in [2.45, 2.75) is 6.54 Å². The van der Waals surface area contributed by atoms with Crippen molar-refractivity contribution in [1.82, 2.24) is 0 Å². The first kappa shape index (κ1) is 11.5. The van der Waals surface area contributed by atoms with Crippen LogP contribution in [0.4, 0.5) is 18.9 Å². The molecular weight excluding hydrogens is 227 g/mol. The van der Waals surface area contributed by atoms with Crippen molar-refractivity contribution in [1.29, 1.82) is 0 Å². The lowest BCUT2D eigenvalue weighted by Gasteiger charge is -2.07. The second-order valence-electron chi connectivity index (χ2n) is 3.60. The van der Waals surface area contributed by atoms with Crippen LogP contribution >= 0.6 is 0 Å². The Kier molecular flexibility index (Phi) is 3.32. The third-order valence-electron chi connectivity index (χ3n) is 2.32. The van der Waals surface area contributed by atoms with E-state index in [9.17, 15) is 13.2 Å². The quantitative estimate of drug-likeness (QED) is 0.857. The highest BCUT2D eigenvalue weighted by Crippen LogP contribution is 2.14. The number of rotatable bonds is 3. The van der Waals surface area contributed by atoms with Gasteiger partial charge in [0.2, 0.25) is 0 Å². The van der Waals surface area contributed by atoms with E-state index < -0.39 is 11.6 Å². The summed E-state index contributed by atoms with van der Waals surface area (Å²) in [5, 5.41) is 2.82. The molecule has 1 nitrogen and oxygen atoms in total. The van der Waals surface area contributed by atoms with Crippen LogP contribution in [0.2, 0.25) is 0 Å². The van der Waals surface area contributed by atoms with Crippen LogP contribution in [0.25, 0.3) is 0 Å².